The van der Waals surface area contributed by atoms with Gasteiger partial charge in [0.2, 0.25) is 17.8 Å². The molecular formula is C22H30F2N4O3. The Morgan fingerprint density at radius 2 is 1.90 bits per heavy atom. The molecule has 1 aliphatic heterocycles. The first-order chi connectivity index (χ1) is 14.9. The number of rotatable bonds is 7. The summed E-state index contributed by atoms with van der Waals surface area (Å²) in [4.78, 5) is 13.8. The minimum absolute atomic E-state index is 0.00842. The van der Waals surface area contributed by atoms with Crippen LogP contribution in [0.3, 0.4) is 0 Å². The minimum atomic E-state index is -2.58. The van der Waals surface area contributed by atoms with Crippen molar-refractivity contribution in [3.8, 4) is 5.88 Å². The highest BCUT2D eigenvalue weighted by molar-refractivity contribution is 5.86. The number of hydrogen-bond acceptors (Lipinski definition) is 7. The third-order valence-corrected chi connectivity index (χ3v) is 6.01. The van der Waals surface area contributed by atoms with Crippen molar-refractivity contribution in [2.45, 2.75) is 69.4 Å². The summed E-state index contributed by atoms with van der Waals surface area (Å²) < 4.78 is 44.2. The van der Waals surface area contributed by atoms with Crippen LogP contribution in [0.1, 0.15) is 56.9 Å². The molecule has 9 heteroatoms. The van der Waals surface area contributed by atoms with Crippen molar-refractivity contribution in [2.75, 3.05) is 32.2 Å². The smallest absolute Gasteiger partial charge is 0.248 e. The van der Waals surface area contributed by atoms with Crippen LogP contribution >= 0.6 is 0 Å². The molecule has 3 heterocycles. The van der Waals surface area contributed by atoms with Crippen molar-refractivity contribution in [3.05, 3.63) is 18.0 Å². The Morgan fingerprint density at radius 1 is 1.16 bits per heavy atom. The molecule has 4 rings (SSSR count). The second-order valence-electron chi connectivity index (χ2n) is 8.54. The van der Waals surface area contributed by atoms with Crippen molar-refractivity contribution < 1.29 is 23.0 Å². The molecule has 0 aromatic carbocycles. The molecule has 2 aromatic heterocycles. The number of anilines is 1. The van der Waals surface area contributed by atoms with Crippen LogP contribution in [-0.4, -0.2) is 60.0 Å². The van der Waals surface area contributed by atoms with Crippen molar-refractivity contribution in [2.24, 2.45) is 0 Å². The second-order valence-corrected chi connectivity index (χ2v) is 8.54. The van der Waals surface area contributed by atoms with E-state index in [1.54, 1.807) is 19.5 Å². The summed E-state index contributed by atoms with van der Waals surface area (Å²) in [6.45, 7) is 3.83. The molecule has 1 N–H and O–H groups in total. The molecule has 0 radical (unpaired) electrons. The zero-order valence-electron chi connectivity index (χ0n) is 18.1. The van der Waals surface area contributed by atoms with Crippen LogP contribution in [0.2, 0.25) is 0 Å². The van der Waals surface area contributed by atoms with E-state index in [2.05, 4.69) is 15.3 Å². The third-order valence-electron chi connectivity index (χ3n) is 6.01. The zero-order valence-corrected chi connectivity index (χ0v) is 18.1. The Kier molecular flexibility index (Phi) is 6.81. The molecule has 7 nitrogen and oxygen atoms in total. The second kappa shape index (κ2) is 9.56. The lowest BCUT2D eigenvalue weighted by molar-refractivity contribution is -0.0381. The molecule has 1 saturated heterocycles. The summed E-state index contributed by atoms with van der Waals surface area (Å²) in [5.74, 6) is -1.62. The number of methoxy groups -OCH3 is 1. The molecule has 0 unspecified atom stereocenters. The number of nitrogens with one attached hydrogen (secondary N) is 1. The summed E-state index contributed by atoms with van der Waals surface area (Å²) in [6, 6.07) is 0.0269. The van der Waals surface area contributed by atoms with Crippen LogP contribution in [0.5, 0.6) is 5.88 Å². The van der Waals surface area contributed by atoms with E-state index in [4.69, 9.17) is 19.2 Å². The Morgan fingerprint density at radius 3 is 2.61 bits per heavy atom. The number of nitrogens with zero attached hydrogens (tertiary/aromatic N) is 3. The summed E-state index contributed by atoms with van der Waals surface area (Å²) in [7, 11) is 1.64. The highest BCUT2D eigenvalue weighted by Gasteiger charge is 2.36. The summed E-state index contributed by atoms with van der Waals surface area (Å²) in [5, 5.41) is 3.95. The summed E-state index contributed by atoms with van der Waals surface area (Å²) in [6.07, 6.45) is 5.71. The van der Waals surface area contributed by atoms with Crippen molar-refractivity contribution in [1.29, 1.82) is 0 Å². The van der Waals surface area contributed by atoms with E-state index in [-0.39, 0.29) is 30.9 Å². The lowest BCUT2D eigenvalue weighted by Crippen LogP contribution is -2.26. The number of pyridine rings is 1. The molecular weight excluding hydrogens is 406 g/mol. The van der Waals surface area contributed by atoms with Gasteiger partial charge in [0.25, 0.3) is 0 Å². The van der Waals surface area contributed by atoms with Gasteiger partial charge in [0.15, 0.2) is 0 Å². The Balaban J connectivity index is 1.67. The van der Waals surface area contributed by atoms with Crippen LogP contribution in [0.15, 0.2) is 12.4 Å². The number of aromatic nitrogens is 3. The van der Waals surface area contributed by atoms with Gasteiger partial charge >= 0.3 is 0 Å². The average Bonchev–Trinajstić information content (AvgIpc) is 2.75. The first-order valence-electron chi connectivity index (χ1n) is 11.0. The fourth-order valence-electron chi connectivity index (χ4n) is 4.29. The van der Waals surface area contributed by atoms with Gasteiger partial charge in [-0.25, -0.2) is 23.7 Å². The number of fused-ring (bicyclic) bond motifs is 1. The van der Waals surface area contributed by atoms with E-state index in [0.717, 1.165) is 23.9 Å². The van der Waals surface area contributed by atoms with Crippen molar-refractivity contribution >= 4 is 16.9 Å². The minimum Gasteiger partial charge on any atom is -0.474 e. The van der Waals surface area contributed by atoms with Gasteiger partial charge in [-0.1, -0.05) is 0 Å². The standard InChI is InChI=1S/C22H30F2N4O3/c1-14(13-29-2)27-21-26-12-18-19(28-21)17(15-3-7-22(23,24)8-4-15)11-25-20(18)31-16-5-9-30-10-6-16/h11-12,14-16H,3-10,13H2,1-2H3,(H,26,27,28)/t14-/m0/s1. The lowest BCUT2D eigenvalue weighted by Gasteiger charge is -2.29. The Bertz CT molecular complexity index is 882. The van der Waals surface area contributed by atoms with Crippen molar-refractivity contribution in [3.63, 3.8) is 0 Å². The predicted octanol–water partition coefficient (Wildman–Crippen LogP) is 4.32. The first kappa shape index (κ1) is 22.1. The topological polar surface area (TPSA) is 78.4 Å². The fraction of sp³-hybridized carbons (Fsp3) is 0.682. The number of ether oxygens (including phenoxy) is 3. The highest BCUT2D eigenvalue weighted by Crippen LogP contribution is 2.43. The van der Waals surface area contributed by atoms with Gasteiger partial charge in [-0.15, -0.1) is 0 Å². The molecule has 2 aliphatic rings. The molecule has 1 aliphatic carbocycles. The molecule has 1 saturated carbocycles. The van der Waals surface area contributed by atoms with Crippen molar-refractivity contribution in [1.82, 2.24) is 15.0 Å². The third kappa shape index (κ3) is 5.38. The SMILES string of the molecule is COC[C@H](C)Nc1ncc2c(OC3CCOCC3)ncc(C3CCC(F)(F)CC3)c2n1. The summed E-state index contributed by atoms with van der Waals surface area (Å²) in [5.41, 5.74) is 1.60. The quantitative estimate of drug-likeness (QED) is 0.692. The van der Waals surface area contributed by atoms with E-state index in [1.807, 2.05) is 6.92 Å². The van der Waals surface area contributed by atoms with E-state index < -0.39 is 5.92 Å². The monoisotopic (exact) mass is 436 g/mol. The van der Waals surface area contributed by atoms with E-state index >= 15 is 0 Å². The first-order valence-corrected chi connectivity index (χ1v) is 11.0. The van der Waals surface area contributed by atoms with Gasteiger partial charge in [0.1, 0.15) is 6.10 Å². The van der Waals surface area contributed by atoms with Crippen LogP contribution in [0.4, 0.5) is 14.7 Å². The van der Waals surface area contributed by atoms with Gasteiger partial charge in [-0.2, -0.15) is 0 Å². The normalized spacial score (nSPS) is 21.2. The van der Waals surface area contributed by atoms with Gasteiger partial charge in [0, 0.05) is 56.8 Å². The van der Waals surface area contributed by atoms with E-state index in [1.165, 1.54) is 0 Å². The molecule has 0 amide bonds. The van der Waals surface area contributed by atoms with Gasteiger partial charge in [-0.05, 0) is 25.7 Å². The maximum Gasteiger partial charge on any atom is 0.248 e. The average molecular weight is 437 g/mol. The largest absolute Gasteiger partial charge is 0.474 e. The zero-order chi connectivity index (χ0) is 21.8. The van der Waals surface area contributed by atoms with Gasteiger partial charge < -0.3 is 19.5 Å². The number of halogens is 2. The Labute approximate surface area is 180 Å². The fourth-order valence-corrected chi connectivity index (χ4v) is 4.29. The number of alkyl halides is 2. The van der Waals surface area contributed by atoms with Crippen LogP contribution in [0, 0.1) is 0 Å². The van der Waals surface area contributed by atoms with Gasteiger partial charge in [0.05, 0.1) is 30.7 Å². The highest BCUT2D eigenvalue weighted by atomic mass is 19.3. The van der Waals surface area contributed by atoms with Crippen LogP contribution < -0.4 is 10.1 Å². The molecule has 31 heavy (non-hydrogen) atoms. The van der Waals surface area contributed by atoms with Crippen LogP contribution in [-0.2, 0) is 9.47 Å². The maximum atomic E-state index is 13.7. The molecule has 0 bridgehead atoms. The summed E-state index contributed by atoms with van der Waals surface area (Å²) >= 11 is 0. The predicted molar refractivity (Wildman–Crippen MR) is 113 cm³/mol. The number of hydrogen-bond donors (Lipinski definition) is 1. The van der Waals surface area contributed by atoms with E-state index in [9.17, 15) is 8.78 Å². The molecule has 0 spiro atoms. The molecule has 2 fully saturated rings. The van der Waals surface area contributed by atoms with Gasteiger partial charge in [-0.3, -0.25) is 0 Å². The lowest BCUT2D eigenvalue weighted by atomic mass is 9.82. The molecule has 1 atom stereocenters. The van der Waals surface area contributed by atoms with Crippen LogP contribution in [0.25, 0.3) is 10.9 Å². The molecule has 170 valence electrons. The maximum absolute atomic E-state index is 13.7. The van der Waals surface area contributed by atoms with E-state index in [0.29, 0.717) is 49.9 Å². The Hall–Kier alpha value is -2.13. The molecule has 2 aromatic rings.